The molecule has 0 aliphatic heterocycles. The first-order chi connectivity index (χ1) is 11.7. The summed E-state index contributed by atoms with van der Waals surface area (Å²) in [5.41, 5.74) is 1.25. The zero-order valence-electron chi connectivity index (χ0n) is 13.9. The maximum atomic E-state index is 11.9. The summed E-state index contributed by atoms with van der Waals surface area (Å²) in [4.78, 5) is 23.6. The normalized spacial score (nSPS) is 10.4. The van der Waals surface area contributed by atoms with Gasteiger partial charge in [-0.3, -0.25) is 4.79 Å². The molecule has 6 heteroatoms. The quantitative estimate of drug-likeness (QED) is 0.567. The molecule has 2 rings (SSSR count). The summed E-state index contributed by atoms with van der Waals surface area (Å²) < 4.78 is 6.72. The van der Waals surface area contributed by atoms with Crippen molar-refractivity contribution in [3.63, 3.8) is 0 Å². The second-order valence-electron chi connectivity index (χ2n) is 5.48. The molecule has 0 unspecified atom stereocenters. The highest BCUT2D eigenvalue weighted by Gasteiger charge is 2.10. The van der Waals surface area contributed by atoms with Crippen molar-refractivity contribution in [2.45, 2.75) is 32.6 Å². The number of benzene rings is 1. The van der Waals surface area contributed by atoms with E-state index in [2.05, 4.69) is 17.3 Å². The molecule has 6 nitrogen and oxygen atoms in total. The van der Waals surface area contributed by atoms with Gasteiger partial charge in [0.2, 0.25) is 0 Å². The number of hydrogen-bond donors (Lipinski definition) is 1. The summed E-state index contributed by atoms with van der Waals surface area (Å²) in [6.45, 7) is 2.50. The second kappa shape index (κ2) is 9.50. The highest BCUT2D eigenvalue weighted by atomic mass is 16.5. The Bertz CT molecular complexity index is 636. The van der Waals surface area contributed by atoms with E-state index in [1.807, 2.05) is 12.3 Å². The summed E-state index contributed by atoms with van der Waals surface area (Å²) in [7, 11) is 0. The van der Waals surface area contributed by atoms with Gasteiger partial charge < -0.3 is 10.1 Å². The van der Waals surface area contributed by atoms with Gasteiger partial charge in [-0.15, -0.1) is 0 Å². The Morgan fingerprint density at radius 3 is 2.62 bits per heavy atom. The molecule has 1 aromatic heterocycles. The number of amides is 1. The Kier molecular flexibility index (Phi) is 7.01. The fourth-order valence-electron chi connectivity index (χ4n) is 2.22. The molecule has 0 atom stereocenters. The smallest absolute Gasteiger partial charge is 0.338 e. The summed E-state index contributed by atoms with van der Waals surface area (Å²) >= 11 is 0. The SMILES string of the molecule is CCCCCCNC(=O)COC(=O)c1ccc(-n2cccn2)cc1. The van der Waals surface area contributed by atoms with E-state index >= 15 is 0 Å². The highest BCUT2D eigenvalue weighted by molar-refractivity contribution is 5.91. The Labute approximate surface area is 141 Å². The van der Waals surface area contributed by atoms with Crippen molar-refractivity contribution in [3.05, 3.63) is 48.3 Å². The number of nitrogens with one attached hydrogen (secondary N) is 1. The van der Waals surface area contributed by atoms with Gasteiger partial charge in [-0.25, -0.2) is 9.48 Å². The van der Waals surface area contributed by atoms with Crippen molar-refractivity contribution in [2.75, 3.05) is 13.2 Å². The fourth-order valence-corrected chi connectivity index (χ4v) is 2.22. The topological polar surface area (TPSA) is 73.2 Å². The fraction of sp³-hybridized carbons (Fsp3) is 0.389. The number of carbonyl (C=O) groups excluding carboxylic acids is 2. The molecule has 128 valence electrons. The third-order valence-electron chi connectivity index (χ3n) is 3.56. The maximum absolute atomic E-state index is 11.9. The number of aromatic nitrogens is 2. The predicted molar refractivity (Wildman–Crippen MR) is 91.0 cm³/mol. The summed E-state index contributed by atoms with van der Waals surface area (Å²) in [5.74, 6) is -0.781. The Hall–Kier alpha value is -2.63. The Morgan fingerprint density at radius 1 is 1.17 bits per heavy atom. The van der Waals surface area contributed by atoms with Crippen molar-refractivity contribution in [2.24, 2.45) is 0 Å². The molecule has 1 N–H and O–H groups in total. The first-order valence-corrected chi connectivity index (χ1v) is 8.24. The van der Waals surface area contributed by atoms with Crippen LogP contribution in [0.15, 0.2) is 42.7 Å². The van der Waals surface area contributed by atoms with Crippen LogP contribution in [-0.4, -0.2) is 34.8 Å². The number of nitrogens with zero attached hydrogens (tertiary/aromatic N) is 2. The monoisotopic (exact) mass is 329 g/mol. The van der Waals surface area contributed by atoms with Gasteiger partial charge in [0.15, 0.2) is 6.61 Å². The molecule has 0 saturated heterocycles. The molecule has 1 amide bonds. The first-order valence-electron chi connectivity index (χ1n) is 8.24. The van der Waals surface area contributed by atoms with Crippen molar-refractivity contribution in [3.8, 4) is 5.69 Å². The van der Waals surface area contributed by atoms with Gasteiger partial charge >= 0.3 is 5.97 Å². The molecular formula is C18H23N3O3. The Morgan fingerprint density at radius 2 is 1.96 bits per heavy atom. The van der Waals surface area contributed by atoms with Gasteiger partial charge in [0.1, 0.15) is 0 Å². The molecule has 0 spiro atoms. The summed E-state index contributed by atoms with van der Waals surface area (Å²) in [6, 6.07) is 8.68. The van der Waals surface area contributed by atoms with E-state index in [1.54, 1.807) is 35.1 Å². The van der Waals surface area contributed by atoms with E-state index in [0.29, 0.717) is 12.1 Å². The number of carbonyl (C=O) groups is 2. The lowest BCUT2D eigenvalue weighted by atomic mass is 10.2. The van der Waals surface area contributed by atoms with Crippen LogP contribution >= 0.6 is 0 Å². The molecule has 0 fully saturated rings. The lowest BCUT2D eigenvalue weighted by Gasteiger charge is -2.07. The minimum Gasteiger partial charge on any atom is -0.452 e. The molecule has 24 heavy (non-hydrogen) atoms. The number of esters is 1. The third-order valence-corrected chi connectivity index (χ3v) is 3.56. The van der Waals surface area contributed by atoms with Crippen LogP contribution in [0.3, 0.4) is 0 Å². The van der Waals surface area contributed by atoms with Crippen LogP contribution in [0.4, 0.5) is 0 Å². The lowest BCUT2D eigenvalue weighted by Crippen LogP contribution is -2.29. The van der Waals surface area contributed by atoms with Gasteiger partial charge in [-0.05, 0) is 36.8 Å². The van der Waals surface area contributed by atoms with E-state index < -0.39 is 5.97 Å². The average molecular weight is 329 g/mol. The molecular weight excluding hydrogens is 306 g/mol. The van der Waals surface area contributed by atoms with E-state index in [0.717, 1.165) is 24.9 Å². The van der Waals surface area contributed by atoms with E-state index in [-0.39, 0.29) is 12.5 Å². The highest BCUT2D eigenvalue weighted by Crippen LogP contribution is 2.09. The molecule has 1 heterocycles. The molecule has 1 aromatic carbocycles. The van der Waals surface area contributed by atoms with Crippen molar-refractivity contribution in [1.82, 2.24) is 15.1 Å². The van der Waals surface area contributed by atoms with Crippen molar-refractivity contribution < 1.29 is 14.3 Å². The number of ether oxygens (including phenoxy) is 1. The minimum atomic E-state index is -0.511. The summed E-state index contributed by atoms with van der Waals surface area (Å²) in [5, 5.41) is 6.86. The van der Waals surface area contributed by atoms with Crippen LogP contribution in [0.5, 0.6) is 0 Å². The van der Waals surface area contributed by atoms with Gasteiger partial charge in [0.05, 0.1) is 11.3 Å². The summed E-state index contributed by atoms with van der Waals surface area (Å²) in [6.07, 6.45) is 7.87. The van der Waals surface area contributed by atoms with Crippen LogP contribution in [0.1, 0.15) is 43.0 Å². The van der Waals surface area contributed by atoms with E-state index in [9.17, 15) is 9.59 Å². The van der Waals surface area contributed by atoms with E-state index in [1.165, 1.54) is 6.42 Å². The third kappa shape index (κ3) is 5.53. The largest absolute Gasteiger partial charge is 0.452 e. The number of rotatable bonds is 9. The standard InChI is InChI=1S/C18H23N3O3/c1-2-3-4-5-11-19-17(22)14-24-18(23)15-7-9-16(10-8-15)21-13-6-12-20-21/h6-10,12-13H,2-5,11,14H2,1H3,(H,19,22). The van der Waals surface area contributed by atoms with Crippen LogP contribution in [0, 0.1) is 0 Å². The first kappa shape index (κ1) is 17.7. The van der Waals surface area contributed by atoms with Gasteiger partial charge in [-0.2, -0.15) is 5.10 Å². The Balaban J connectivity index is 1.73. The van der Waals surface area contributed by atoms with Crippen LogP contribution in [0.2, 0.25) is 0 Å². The lowest BCUT2D eigenvalue weighted by molar-refractivity contribution is -0.124. The molecule has 2 aromatic rings. The molecule has 0 saturated carbocycles. The minimum absolute atomic E-state index is 0.256. The van der Waals surface area contributed by atoms with Crippen LogP contribution < -0.4 is 5.32 Å². The van der Waals surface area contributed by atoms with Gasteiger partial charge in [0.25, 0.3) is 5.91 Å². The number of hydrogen-bond acceptors (Lipinski definition) is 4. The number of unbranched alkanes of at least 4 members (excludes halogenated alkanes) is 3. The molecule has 0 radical (unpaired) electrons. The van der Waals surface area contributed by atoms with Crippen molar-refractivity contribution in [1.29, 1.82) is 0 Å². The zero-order chi connectivity index (χ0) is 17.2. The van der Waals surface area contributed by atoms with Crippen LogP contribution in [-0.2, 0) is 9.53 Å². The van der Waals surface area contributed by atoms with Gasteiger partial charge in [0, 0.05) is 18.9 Å². The predicted octanol–water partition coefficient (Wildman–Crippen LogP) is 2.73. The van der Waals surface area contributed by atoms with Crippen LogP contribution in [0.25, 0.3) is 5.69 Å². The zero-order valence-corrected chi connectivity index (χ0v) is 13.9. The van der Waals surface area contributed by atoms with Gasteiger partial charge in [-0.1, -0.05) is 26.2 Å². The molecule has 0 bridgehead atoms. The average Bonchev–Trinajstić information content (AvgIpc) is 3.14. The molecule has 0 aliphatic rings. The molecule has 0 aliphatic carbocycles. The maximum Gasteiger partial charge on any atom is 0.338 e. The van der Waals surface area contributed by atoms with Crippen molar-refractivity contribution >= 4 is 11.9 Å². The van der Waals surface area contributed by atoms with E-state index in [4.69, 9.17) is 4.74 Å². The second-order valence-corrected chi connectivity index (χ2v) is 5.48.